The van der Waals surface area contributed by atoms with Crippen molar-refractivity contribution in [1.29, 1.82) is 5.26 Å². The van der Waals surface area contributed by atoms with Crippen molar-refractivity contribution in [3.63, 3.8) is 0 Å². The number of benzene rings is 1. The average molecular weight is 397 g/mol. The number of para-hydroxylation sites is 1. The Labute approximate surface area is 170 Å². The summed E-state index contributed by atoms with van der Waals surface area (Å²) in [5.74, 6) is -0.148. The first-order valence-corrected chi connectivity index (χ1v) is 10.3. The lowest BCUT2D eigenvalue weighted by molar-refractivity contribution is -0.134. The van der Waals surface area contributed by atoms with Crippen LogP contribution in [-0.2, 0) is 4.79 Å². The van der Waals surface area contributed by atoms with Crippen molar-refractivity contribution in [1.82, 2.24) is 14.7 Å². The highest BCUT2D eigenvalue weighted by atomic mass is 16.4. The molecule has 0 aliphatic carbocycles. The van der Waals surface area contributed by atoms with E-state index in [1.54, 1.807) is 4.90 Å². The molecule has 2 amide bonds. The van der Waals surface area contributed by atoms with Gasteiger partial charge in [-0.3, -0.25) is 14.6 Å². The zero-order chi connectivity index (χ0) is 20.4. The van der Waals surface area contributed by atoms with Gasteiger partial charge in [0.05, 0.1) is 12.6 Å². The topological polar surface area (TPSA) is 91.1 Å². The number of piperazine rings is 1. The minimum Gasteiger partial charge on any atom is -0.465 e. The van der Waals surface area contributed by atoms with Crippen LogP contribution in [0.2, 0.25) is 0 Å². The lowest BCUT2D eigenvalue weighted by atomic mass is 9.94. The first kappa shape index (κ1) is 19.5. The van der Waals surface area contributed by atoms with E-state index in [9.17, 15) is 20.0 Å². The summed E-state index contributed by atoms with van der Waals surface area (Å²) in [4.78, 5) is 32.1. The molecule has 2 unspecified atom stereocenters. The summed E-state index contributed by atoms with van der Waals surface area (Å²) in [7, 11) is 0. The SMILES string of the molecule is N#CC1(N2CCN(c3ccccc3)CC2)CC(C(=O)N2CCCC2)N(C(=O)O)C1. The van der Waals surface area contributed by atoms with Gasteiger partial charge in [0.2, 0.25) is 5.91 Å². The second kappa shape index (κ2) is 7.91. The number of nitriles is 1. The van der Waals surface area contributed by atoms with Crippen LogP contribution in [0.15, 0.2) is 30.3 Å². The fourth-order valence-corrected chi connectivity index (χ4v) is 4.87. The Morgan fingerprint density at radius 3 is 2.28 bits per heavy atom. The highest BCUT2D eigenvalue weighted by Crippen LogP contribution is 2.35. The van der Waals surface area contributed by atoms with E-state index >= 15 is 0 Å². The third kappa shape index (κ3) is 3.62. The molecule has 2 atom stereocenters. The normalized spacial score (nSPS) is 27.8. The van der Waals surface area contributed by atoms with Crippen LogP contribution in [0.25, 0.3) is 0 Å². The number of hydrogen-bond donors (Lipinski definition) is 1. The van der Waals surface area contributed by atoms with Crippen molar-refractivity contribution in [3.8, 4) is 6.07 Å². The number of rotatable bonds is 3. The molecule has 0 aromatic heterocycles. The zero-order valence-corrected chi connectivity index (χ0v) is 16.5. The van der Waals surface area contributed by atoms with Crippen molar-refractivity contribution < 1.29 is 14.7 Å². The van der Waals surface area contributed by atoms with E-state index in [0.29, 0.717) is 26.2 Å². The Bertz CT molecular complexity index is 796. The molecule has 3 aliphatic rings. The van der Waals surface area contributed by atoms with Crippen LogP contribution in [0.1, 0.15) is 19.3 Å². The minimum absolute atomic E-state index is 0.0639. The van der Waals surface area contributed by atoms with E-state index in [4.69, 9.17) is 0 Å². The van der Waals surface area contributed by atoms with E-state index in [-0.39, 0.29) is 18.9 Å². The molecule has 29 heavy (non-hydrogen) atoms. The number of carbonyl (C=O) groups is 2. The second-order valence-electron chi connectivity index (χ2n) is 8.12. The molecule has 1 N–H and O–H groups in total. The van der Waals surface area contributed by atoms with Gasteiger partial charge in [0.25, 0.3) is 0 Å². The first-order valence-electron chi connectivity index (χ1n) is 10.3. The Balaban J connectivity index is 1.49. The molecular weight excluding hydrogens is 370 g/mol. The maximum absolute atomic E-state index is 13.0. The number of likely N-dealkylation sites (tertiary alicyclic amines) is 2. The van der Waals surface area contributed by atoms with Crippen molar-refractivity contribution in [3.05, 3.63) is 30.3 Å². The Kier molecular flexibility index (Phi) is 5.33. The van der Waals surface area contributed by atoms with Crippen LogP contribution in [0.4, 0.5) is 10.5 Å². The molecule has 3 fully saturated rings. The Hall–Kier alpha value is -2.79. The summed E-state index contributed by atoms with van der Waals surface area (Å²) in [6.07, 6.45) is 1.03. The predicted molar refractivity (Wildman–Crippen MR) is 108 cm³/mol. The van der Waals surface area contributed by atoms with Crippen molar-refractivity contribution in [2.45, 2.75) is 30.8 Å². The average Bonchev–Trinajstić information content (AvgIpc) is 3.43. The fourth-order valence-electron chi connectivity index (χ4n) is 4.87. The maximum atomic E-state index is 13.0. The van der Waals surface area contributed by atoms with Crippen molar-refractivity contribution in [2.24, 2.45) is 0 Å². The van der Waals surface area contributed by atoms with Crippen LogP contribution < -0.4 is 4.90 Å². The van der Waals surface area contributed by atoms with E-state index < -0.39 is 17.7 Å². The molecule has 8 heteroatoms. The van der Waals surface area contributed by atoms with Gasteiger partial charge in [-0.2, -0.15) is 5.26 Å². The van der Waals surface area contributed by atoms with Gasteiger partial charge in [0, 0.05) is 51.4 Å². The third-order valence-corrected chi connectivity index (χ3v) is 6.50. The van der Waals surface area contributed by atoms with Gasteiger partial charge < -0.3 is 14.9 Å². The van der Waals surface area contributed by atoms with Gasteiger partial charge in [-0.15, -0.1) is 0 Å². The minimum atomic E-state index is -1.12. The molecular formula is C21H27N5O3. The number of carboxylic acid groups (broad SMARTS) is 1. The monoisotopic (exact) mass is 397 g/mol. The van der Waals surface area contributed by atoms with E-state index in [1.165, 1.54) is 4.90 Å². The zero-order valence-electron chi connectivity index (χ0n) is 16.5. The molecule has 8 nitrogen and oxygen atoms in total. The van der Waals surface area contributed by atoms with Gasteiger partial charge in [0.15, 0.2) is 0 Å². The van der Waals surface area contributed by atoms with Crippen LogP contribution in [-0.4, -0.2) is 89.2 Å². The smallest absolute Gasteiger partial charge is 0.408 e. The molecule has 0 radical (unpaired) electrons. The molecule has 3 saturated heterocycles. The van der Waals surface area contributed by atoms with Crippen LogP contribution in [0, 0.1) is 11.3 Å². The summed E-state index contributed by atoms with van der Waals surface area (Å²) in [6, 6.07) is 11.8. The van der Waals surface area contributed by atoms with Crippen LogP contribution in [0.3, 0.4) is 0 Å². The van der Waals surface area contributed by atoms with Gasteiger partial charge in [-0.05, 0) is 25.0 Å². The predicted octanol–water partition coefficient (Wildman–Crippen LogP) is 1.45. The van der Waals surface area contributed by atoms with Gasteiger partial charge in [-0.25, -0.2) is 4.79 Å². The maximum Gasteiger partial charge on any atom is 0.408 e. The molecule has 1 aromatic rings. The number of anilines is 1. The standard InChI is InChI=1S/C21H27N5O3/c22-15-21(25-12-10-23(11-13-25)17-6-2-1-3-7-17)14-18(26(16-21)20(28)29)19(27)24-8-4-5-9-24/h1-3,6-7,18H,4-5,8-14,16H2,(H,28,29). The molecule has 4 rings (SSSR count). The fraction of sp³-hybridized carbons (Fsp3) is 0.571. The number of carbonyl (C=O) groups excluding carboxylic acids is 1. The molecule has 1 aromatic carbocycles. The molecule has 0 bridgehead atoms. The first-order chi connectivity index (χ1) is 14.0. The lowest BCUT2D eigenvalue weighted by Crippen LogP contribution is -2.58. The van der Waals surface area contributed by atoms with Crippen molar-refractivity contribution in [2.75, 3.05) is 50.7 Å². The molecule has 3 aliphatic heterocycles. The van der Waals surface area contributed by atoms with E-state index in [2.05, 4.69) is 28.0 Å². The summed E-state index contributed by atoms with van der Waals surface area (Å²) >= 11 is 0. The molecule has 3 heterocycles. The van der Waals surface area contributed by atoms with Gasteiger partial charge in [0.1, 0.15) is 11.6 Å². The molecule has 0 saturated carbocycles. The highest BCUT2D eigenvalue weighted by molar-refractivity contribution is 5.86. The summed E-state index contributed by atoms with van der Waals surface area (Å²) < 4.78 is 0. The molecule has 0 spiro atoms. The quantitative estimate of drug-likeness (QED) is 0.830. The Morgan fingerprint density at radius 1 is 1.03 bits per heavy atom. The largest absolute Gasteiger partial charge is 0.465 e. The highest BCUT2D eigenvalue weighted by Gasteiger charge is 2.53. The van der Waals surface area contributed by atoms with E-state index in [1.807, 2.05) is 18.2 Å². The summed E-state index contributed by atoms with van der Waals surface area (Å²) in [5, 5.41) is 19.8. The van der Waals surface area contributed by atoms with Gasteiger partial charge in [-0.1, -0.05) is 18.2 Å². The number of hydrogen-bond acceptors (Lipinski definition) is 5. The van der Waals surface area contributed by atoms with Gasteiger partial charge >= 0.3 is 6.09 Å². The number of amides is 2. The third-order valence-electron chi connectivity index (χ3n) is 6.50. The summed E-state index contributed by atoms with van der Waals surface area (Å²) in [6.45, 7) is 4.29. The number of nitrogens with zero attached hydrogens (tertiary/aromatic N) is 5. The summed E-state index contributed by atoms with van der Waals surface area (Å²) in [5.41, 5.74) is 0.208. The van der Waals surface area contributed by atoms with E-state index in [0.717, 1.165) is 31.6 Å². The van der Waals surface area contributed by atoms with Crippen LogP contribution >= 0.6 is 0 Å². The lowest BCUT2D eigenvalue weighted by Gasteiger charge is -2.42. The second-order valence-corrected chi connectivity index (χ2v) is 8.12. The van der Waals surface area contributed by atoms with Crippen LogP contribution in [0.5, 0.6) is 0 Å². The van der Waals surface area contributed by atoms with Crippen molar-refractivity contribution >= 4 is 17.7 Å². The molecule has 154 valence electrons. The Morgan fingerprint density at radius 2 is 1.69 bits per heavy atom.